The summed E-state index contributed by atoms with van der Waals surface area (Å²) in [7, 11) is 0. The minimum atomic E-state index is -0.344. The lowest BCUT2D eigenvalue weighted by atomic mass is 9.99. The molecular weight excluding hydrogens is 458 g/mol. The predicted octanol–water partition coefficient (Wildman–Crippen LogP) is 3.33. The van der Waals surface area contributed by atoms with Crippen LogP contribution in [0.2, 0.25) is 0 Å². The van der Waals surface area contributed by atoms with E-state index in [4.69, 9.17) is 14.3 Å². The van der Waals surface area contributed by atoms with Crippen molar-refractivity contribution < 1.29 is 18.7 Å². The number of furan rings is 1. The molecule has 9 nitrogen and oxygen atoms in total. The van der Waals surface area contributed by atoms with Crippen LogP contribution in [0.1, 0.15) is 48.3 Å². The van der Waals surface area contributed by atoms with Gasteiger partial charge in [0.1, 0.15) is 18.3 Å². The number of benzene rings is 1. The average molecular weight is 496 g/mol. The molecule has 1 atom stereocenters. The fraction of sp³-hybridized carbons (Fsp3) is 0.519. The smallest absolute Gasteiger partial charge is 0.317 e. The SMILES string of the molecule is CCCNC(=O)N(CCN1CCOCC1)CC(=O)N1N=C(c2ccc(C)c(C)c2)C[C@@H]1c1ccco1. The number of nitrogens with zero attached hydrogens (tertiary/aromatic N) is 4. The summed E-state index contributed by atoms with van der Waals surface area (Å²) in [4.78, 5) is 30.4. The third kappa shape index (κ3) is 6.33. The van der Waals surface area contributed by atoms with Gasteiger partial charge >= 0.3 is 6.03 Å². The van der Waals surface area contributed by atoms with Crippen LogP contribution in [0.25, 0.3) is 0 Å². The molecule has 0 unspecified atom stereocenters. The summed E-state index contributed by atoms with van der Waals surface area (Å²) in [6.45, 7) is 10.8. The van der Waals surface area contributed by atoms with Crippen LogP contribution in [0.3, 0.4) is 0 Å². The molecule has 4 rings (SSSR count). The van der Waals surface area contributed by atoms with Crippen LogP contribution in [0, 0.1) is 13.8 Å². The molecular formula is C27H37N5O4. The van der Waals surface area contributed by atoms with E-state index in [-0.39, 0.29) is 24.5 Å². The van der Waals surface area contributed by atoms with Gasteiger partial charge in [-0.3, -0.25) is 9.69 Å². The molecule has 0 spiro atoms. The predicted molar refractivity (Wildman–Crippen MR) is 138 cm³/mol. The summed E-state index contributed by atoms with van der Waals surface area (Å²) in [5, 5.41) is 9.16. The summed E-state index contributed by atoms with van der Waals surface area (Å²) >= 11 is 0. The second kappa shape index (κ2) is 12.2. The quantitative estimate of drug-likeness (QED) is 0.576. The Morgan fingerprint density at radius 3 is 2.67 bits per heavy atom. The highest BCUT2D eigenvalue weighted by molar-refractivity contribution is 6.03. The summed E-state index contributed by atoms with van der Waals surface area (Å²) < 4.78 is 11.1. The van der Waals surface area contributed by atoms with E-state index < -0.39 is 0 Å². The summed E-state index contributed by atoms with van der Waals surface area (Å²) in [6.07, 6.45) is 2.99. The number of hydrogen-bond donors (Lipinski definition) is 1. The normalized spacial score (nSPS) is 18.2. The van der Waals surface area contributed by atoms with Crippen LogP contribution in [-0.4, -0.2) is 84.9 Å². The van der Waals surface area contributed by atoms with Gasteiger partial charge in [-0.15, -0.1) is 0 Å². The Kier molecular flexibility index (Phi) is 8.77. The van der Waals surface area contributed by atoms with E-state index in [1.54, 1.807) is 11.2 Å². The van der Waals surface area contributed by atoms with Crippen molar-refractivity contribution in [1.82, 2.24) is 20.1 Å². The first-order valence-corrected chi connectivity index (χ1v) is 12.8. The molecule has 2 aliphatic heterocycles. The molecule has 2 aliphatic rings. The first-order valence-electron chi connectivity index (χ1n) is 12.8. The van der Waals surface area contributed by atoms with Crippen LogP contribution in [0.5, 0.6) is 0 Å². The fourth-order valence-corrected chi connectivity index (χ4v) is 4.46. The molecule has 2 aromatic rings. The van der Waals surface area contributed by atoms with E-state index in [9.17, 15) is 9.59 Å². The van der Waals surface area contributed by atoms with Crippen LogP contribution in [-0.2, 0) is 9.53 Å². The van der Waals surface area contributed by atoms with E-state index in [0.29, 0.717) is 45.0 Å². The van der Waals surface area contributed by atoms with Gasteiger partial charge in [-0.05, 0) is 55.2 Å². The lowest BCUT2D eigenvalue weighted by Gasteiger charge is -2.30. The van der Waals surface area contributed by atoms with Crippen LogP contribution in [0.4, 0.5) is 4.79 Å². The lowest BCUT2D eigenvalue weighted by Crippen LogP contribution is -2.49. The number of carbonyl (C=O) groups is 2. The first-order chi connectivity index (χ1) is 17.5. The maximum absolute atomic E-state index is 13.6. The number of hydrazone groups is 1. The van der Waals surface area contributed by atoms with Crippen LogP contribution < -0.4 is 5.32 Å². The number of aryl methyl sites for hydroxylation is 2. The lowest BCUT2D eigenvalue weighted by molar-refractivity contribution is -0.134. The molecule has 1 saturated heterocycles. The van der Waals surface area contributed by atoms with E-state index in [0.717, 1.165) is 30.8 Å². The molecule has 0 bridgehead atoms. The molecule has 3 amide bonds. The molecule has 0 saturated carbocycles. The summed E-state index contributed by atoms with van der Waals surface area (Å²) in [5.41, 5.74) is 4.22. The van der Waals surface area contributed by atoms with Crippen molar-refractivity contribution in [3.63, 3.8) is 0 Å². The van der Waals surface area contributed by atoms with Crippen LogP contribution >= 0.6 is 0 Å². The minimum Gasteiger partial charge on any atom is -0.467 e. The van der Waals surface area contributed by atoms with Crippen LogP contribution in [0.15, 0.2) is 46.1 Å². The minimum absolute atomic E-state index is 0.0548. The van der Waals surface area contributed by atoms with Crippen molar-refractivity contribution in [3.8, 4) is 0 Å². The molecule has 1 aromatic carbocycles. The van der Waals surface area contributed by atoms with Gasteiger partial charge in [-0.2, -0.15) is 5.10 Å². The van der Waals surface area contributed by atoms with E-state index >= 15 is 0 Å². The zero-order chi connectivity index (χ0) is 25.5. The average Bonchev–Trinajstić information content (AvgIpc) is 3.57. The summed E-state index contributed by atoms with van der Waals surface area (Å²) in [6, 6.07) is 9.34. The number of carbonyl (C=O) groups excluding carboxylic acids is 2. The highest BCUT2D eigenvalue weighted by Crippen LogP contribution is 2.33. The van der Waals surface area contributed by atoms with Gasteiger partial charge in [-0.25, -0.2) is 9.80 Å². The number of rotatable bonds is 9. The highest BCUT2D eigenvalue weighted by Gasteiger charge is 2.36. The number of urea groups is 1. The van der Waals surface area contributed by atoms with E-state index in [1.165, 1.54) is 16.1 Å². The molecule has 36 heavy (non-hydrogen) atoms. The first kappa shape index (κ1) is 25.9. The molecule has 1 aromatic heterocycles. The zero-order valence-corrected chi connectivity index (χ0v) is 21.5. The van der Waals surface area contributed by atoms with Gasteiger partial charge in [-0.1, -0.05) is 19.1 Å². The number of nitrogens with one attached hydrogen (secondary N) is 1. The van der Waals surface area contributed by atoms with Gasteiger partial charge in [0.15, 0.2) is 0 Å². The fourth-order valence-electron chi connectivity index (χ4n) is 4.46. The van der Waals surface area contributed by atoms with Gasteiger partial charge in [0.05, 0.1) is 25.2 Å². The zero-order valence-electron chi connectivity index (χ0n) is 21.5. The maximum atomic E-state index is 13.6. The van der Waals surface area contributed by atoms with Crippen molar-refractivity contribution in [2.24, 2.45) is 5.10 Å². The van der Waals surface area contributed by atoms with Crippen molar-refractivity contribution in [2.45, 2.75) is 39.7 Å². The standard InChI is InChI=1S/C27H37N5O4/c1-4-9-28-27(34)31(11-10-30-12-15-35-16-13-30)19-26(33)32-24(25-6-5-14-36-25)18-23(29-32)22-8-7-20(2)21(3)17-22/h5-8,14,17,24H,4,9-13,15-16,18-19H2,1-3H3,(H,28,34)/t24-/m1/s1. The second-order valence-electron chi connectivity index (χ2n) is 9.43. The van der Waals surface area contributed by atoms with Gasteiger partial charge in [0, 0.05) is 39.1 Å². The highest BCUT2D eigenvalue weighted by atomic mass is 16.5. The Labute approximate surface area is 213 Å². The number of ether oxygens (including phenoxy) is 1. The third-order valence-corrected chi connectivity index (χ3v) is 6.81. The summed E-state index contributed by atoms with van der Waals surface area (Å²) in [5.74, 6) is 0.449. The Bertz CT molecular complexity index is 1060. The molecule has 1 N–H and O–H groups in total. The second-order valence-corrected chi connectivity index (χ2v) is 9.43. The van der Waals surface area contributed by atoms with Crippen molar-refractivity contribution in [3.05, 3.63) is 59.0 Å². The number of hydrogen-bond acceptors (Lipinski definition) is 6. The molecule has 0 aliphatic carbocycles. The van der Waals surface area contributed by atoms with Crippen molar-refractivity contribution in [1.29, 1.82) is 0 Å². The Morgan fingerprint density at radius 2 is 1.97 bits per heavy atom. The Hall–Kier alpha value is -3.17. The molecule has 9 heteroatoms. The molecule has 0 radical (unpaired) electrons. The molecule has 3 heterocycles. The molecule has 194 valence electrons. The van der Waals surface area contributed by atoms with Gasteiger partial charge in [0.25, 0.3) is 5.91 Å². The van der Waals surface area contributed by atoms with E-state index in [2.05, 4.69) is 36.2 Å². The van der Waals surface area contributed by atoms with Crippen molar-refractivity contribution in [2.75, 3.05) is 52.5 Å². The molecule has 1 fully saturated rings. The van der Waals surface area contributed by atoms with Crippen molar-refractivity contribution >= 4 is 17.6 Å². The largest absolute Gasteiger partial charge is 0.467 e. The number of morpholine rings is 1. The Balaban J connectivity index is 1.52. The Morgan fingerprint density at radius 1 is 1.17 bits per heavy atom. The topological polar surface area (TPSA) is 90.6 Å². The number of amides is 3. The monoisotopic (exact) mass is 495 g/mol. The maximum Gasteiger partial charge on any atom is 0.317 e. The van der Waals surface area contributed by atoms with Gasteiger partial charge < -0.3 is 19.4 Å². The van der Waals surface area contributed by atoms with E-state index in [1.807, 2.05) is 25.1 Å². The third-order valence-electron chi connectivity index (χ3n) is 6.81. The van der Waals surface area contributed by atoms with Gasteiger partial charge in [0.2, 0.25) is 0 Å².